The van der Waals surface area contributed by atoms with E-state index in [-0.39, 0.29) is 5.75 Å². The second-order valence-electron chi connectivity index (χ2n) is 9.78. The van der Waals surface area contributed by atoms with Gasteiger partial charge < -0.3 is 5.32 Å². The lowest BCUT2D eigenvalue weighted by atomic mass is 9.96. The van der Waals surface area contributed by atoms with Crippen LogP contribution in [0.3, 0.4) is 0 Å². The van der Waals surface area contributed by atoms with Crippen LogP contribution in [0.15, 0.2) is 54.6 Å². The van der Waals surface area contributed by atoms with E-state index in [1.807, 2.05) is 13.0 Å². The van der Waals surface area contributed by atoms with E-state index < -0.39 is 9.84 Å². The van der Waals surface area contributed by atoms with Crippen LogP contribution in [0.2, 0.25) is 0 Å². The van der Waals surface area contributed by atoms with Crippen molar-refractivity contribution >= 4 is 15.7 Å². The highest BCUT2D eigenvalue weighted by molar-refractivity contribution is 7.90. The summed E-state index contributed by atoms with van der Waals surface area (Å²) in [5, 5.41) is 3.23. The molecule has 0 spiro atoms. The molecule has 2 aliphatic rings. The molecule has 1 N–H and O–H groups in total. The molecule has 172 valence electrons. The number of hydrogen-bond donors (Lipinski definition) is 1. The van der Waals surface area contributed by atoms with Gasteiger partial charge in [0.1, 0.15) is 15.7 Å². The molecule has 3 aromatic rings. The van der Waals surface area contributed by atoms with Crippen molar-refractivity contribution in [2.75, 3.05) is 23.9 Å². The average molecular weight is 461 g/mol. The van der Waals surface area contributed by atoms with Crippen molar-refractivity contribution in [2.45, 2.75) is 44.9 Å². The molecule has 5 heteroatoms. The first kappa shape index (κ1) is 22.1. The summed E-state index contributed by atoms with van der Waals surface area (Å²) in [6.07, 6.45) is 6.65. The van der Waals surface area contributed by atoms with Crippen LogP contribution in [0, 0.1) is 12.8 Å². The summed E-state index contributed by atoms with van der Waals surface area (Å²) in [5.41, 5.74) is 9.29. The van der Waals surface area contributed by atoms with E-state index in [2.05, 4.69) is 58.8 Å². The molecule has 0 radical (unpaired) electrons. The van der Waals surface area contributed by atoms with Gasteiger partial charge >= 0.3 is 0 Å². The summed E-state index contributed by atoms with van der Waals surface area (Å²) in [6, 6.07) is 20.0. The van der Waals surface area contributed by atoms with Crippen LogP contribution < -0.4 is 5.32 Å². The second kappa shape index (κ2) is 8.94. The van der Waals surface area contributed by atoms with Gasteiger partial charge in [-0.2, -0.15) is 0 Å². The van der Waals surface area contributed by atoms with Crippen molar-refractivity contribution in [3.8, 4) is 11.1 Å². The predicted octanol–water partition coefficient (Wildman–Crippen LogP) is 5.35. The van der Waals surface area contributed by atoms with Crippen LogP contribution in [0.5, 0.6) is 0 Å². The highest BCUT2D eigenvalue weighted by atomic mass is 32.2. The molecule has 1 heterocycles. The minimum absolute atomic E-state index is 0.191. The van der Waals surface area contributed by atoms with Gasteiger partial charge in [0.15, 0.2) is 0 Å². The van der Waals surface area contributed by atoms with Crippen LogP contribution >= 0.6 is 0 Å². The van der Waals surface area contributed by atoms with E-state index in [0.717, 1.165) is 41.8 Å². The Bertz CT molecular complexity index is 1280. The molecule has 2 aromatic carbocycles. The predicted molar refractivity (Wildman–Crippen MR) is 136 cm³/mol. The summed E-state index contributed by atoms with van der Waals surface area (Å²) in [6.45, 7) is 2.62. The van der Waals surface area contributed by atoms with Crippen molar-refractivity contribution in [2.24, 2.45) is 5.92 Å². The maximum absolute atomic E-state index is 11.3. The van der Waals surface area contributed by atoms with Crippen molar-refractivity contribution in [3.63, 3.8) is 0 Å². The summed E-state index contributed by atoms with van der Waals surface area (Å²) in [5.74, 6) is 2.79. The fourth-order valence-electron chi connectivity index (χ4n) is 5.19. The lowest BCUT2D eigenvalue weighted by Crippen LogP contribution is -2.10. The summed E-state index contributed by atoms with van der Waals surface area (Å²) in [7, 11) is -2.92. The van der Waals surface area contributed by atoms with E-state index >= 15 is 0 Å². The zero-order valence-electron chi connectivity index (χ0n) is 19.5. The molecule has 33 heavy (non-hydrogen) atoms. The number of nitrogens with zero attached hydrogens (tertiary/aromatic N) is 1. The summed E-state index contributed by atoms with van der Waals surface area (Å²) < 4.78 is 22.5. The van der Waals surface area contributed by atoms with E-state index in [4.69, 9.17) is 0 Å². The Morgan fingerprint density at radius 1 is 1.03 bits per heavy atom. The van der Waals surface area contributed by atoms with Crippen molar-refractivity contribution in [3.05, 3.63) is 82.5 Å². The highest BCUT2D eigenvalue weighted by Crippen LogP contribution is 2.56. The molecule has 0 amide bonds. The molecule has 2 atom stereocenters. The van der Waals surface area contributed by atoms with Gasteiger partial charge in [-0.15, -0.1) is 0 Å². The van der Waals surface area contributed by atoms with E-state index in [1.165, 1.54) is 35.8 Å². The van der Waals surface area contributed by atoms with Gasteiger partial charge in [0, 0.05) is 24.1 Å². The number of pyridine rings is 1. The van der Waals surface area contributed by atoms with Crippen LogP contribution in [0.25, 0.3) is 11.1 Å². The van der Waals surface area contributed by atoms with Crippen molar-refractivity contribution in [1.82, 2.24) is 4.98 Å². The van der Waals surface area contributed by atoms with Crippen LogP contribution in [-0.2, 0) is 29.1 Å². The van der Waals surface area contributed by atoms with Crippen LogP contribution in [-0.4, -0.2) is 32.0 Å². The third-order valence-corrected chi connectivity index (χ3v) is 8.07. The van der Waals surface area contributed by atoms with Gasteiger partial charge in [0.25, 0.3) is 0 Å². The molecule has 4 nitrogen and oxygen atoms in total. The van der Waals surface area contributed by atoms with E-state index in [1.54, 1.807) is 11.1 Å². The lowest BCUT2D eigenvalue weighted by molar-refractivity contribution is 0.600. The number of anilines is 1. The van der Waals surface area contributed by atoms with Gasteiger partial charge in [0.2, 0.25) is 0 Å². The fraction of sp³-hybridized carbons (Fsp3) is 0.393. The number of aromatic nitrogens is 1. The molecule has 0 saturated heterocycles. The lowest BCUT2D eigenvalue weighted by Gasteiger charge is -2.11. The summed E-state index contributed by atoms with van der Waals surface area (Å²) >= 11 is 0. The topological polar surface area (TPSA) is 59.1 Å². The van der Waals surface area contributed by atoms with Gasteiger partial charge in [-0.05, 0) is 90.8 Å². The average Bonchev–Trinajstić information content (AvgIpc) is 3.45. The Morgan fingerprint density at radius 3 is 2.64 bits per heavy atom. The van der Waals surface area contributed by atoms with Gasteiger partial charge in [-0.3, -0.25) is 0 Å². The molecular weight excluding hydrogens is 428 g/mol. The second-order valence-corrected chi connectivity index (χ2v) is 12.0. The Balaban J connectivity index is 1.21. The number of hydrogen-bond acceptors (Lipinski definition) is 4. The number of sulfone groups is 1. The number of benzene rings is 2. The summed E-state index contributed by atoms with van der Waals surface area (Å²) in [4.78, 5) is 4.69. The number of fused-ring (bicyclic) bond motifs is 3. The molecule has 5 rings (SSSR count). The first-order valence-electron chi connectivity index (χ1n) is 12.0. The van der Waals surface area contributed by atoms with E-state index in [9.17, 15) is 8.42 Å². The molecule has 1 saturated carbocycles. The molecule has 1 fully saturated rings. The zero-order valence-corrected chi connectivity index (χ0v) is 20.3. The fourth-order valence-corrected chi connectivity index (χ4v) is 5.86. The zero-order chi connectivity index (χ0) is 23.0. The van der Waals surface area contributed by atoms with Gasteiger partial charge in [-0.1, -0.05) is 42.5 Å². The minimum atomic E-state index is -2.92. The smallest absolute Gasteiger partial charge is 0.147 e. The molecule has 0 bridgehead atoms. The van der Waals surface area contributed by atoms with Gasteiger partial charge in [-0.25, -0.2) is 13.4 Å². The normalized spacial score (nSPS) is 18.6. The molecule has 1 aromatic heterocycles. The maximum Gasteiger partial charge on any atom is 0.147 e. The van der Waals surface area contributed by atoms with Crippen molar-refractivity contribution in [1.29, 1.82) is 0 Å². The Hall–Kier alpha value is -2.66. The molecule has 0 aliphatic heterocycles. The Labute approximate surface area is 197 Å². The molecular formula is C28H32N2O2S. The monoisotopic (exact) mass is 460 g/mol. The molecule has 2 aliphatic carbocycles. The van der Waals surface area contributed by atoms with Crippen LogP contribution in [0.1, 0.15) is 46.7 Å². The van der Waals surface area contributed by atoms with Crippen molar-refractivity contribution < 1.29 is 8.42 Å². The number of rotatable bonds is 9. The van der Waals surface area contributed by atoms with E-state index in [0.29, 0.717) is 13.0 Å². The first-order valence-corrected chi connectivity index (χ1v) is 14.0. The number of aryl methyl sites for hydroxylation is 3. The molecule has 2 unspecified atom stereocenters. The van der Waals surface area contributed by atoms with Crippen LogP contribution in [0.4, 0.5) is 5.82 Å². The third kappa shape index (κ3) is 5.30. The Morgan fingerprint density at radius 2 is 1.85 bits per heavy atom. The largest absolute Gasteiger partial charge is 0.370 e. The maximum atomic E-state index is 11.3. The van der Waals surface area contributed by atoms with Gasteiger partial charge in [0.05, 0.1) is 5.75 Å². The SMILES string of the molecule is Cc1nc(NCCCS(C)(=O)=O)ccc1-c1cccc(CCc2ccc3c(c2)CC2CC32)c1. The third-order valence-electron chi connectivity index (χ3n) is 7.04. The first-order chi connectivity index (χ1) is 15.9. The minimum Gasteiger partial charge on any atom is -0.370 e. The Kier molecular flexibility index (Phi) is 6.00. The standard InChI is InChI=1S/C28H32N2O2S/c1-19-25(11-12-28(30-19)29-13-4-14-33(2,31)32)22-6-3-5-20(15-22)7-8-21-9-10-26-23(16-21)17-24-18-27(24)26/h3,5-6,9-12,15-16,24,27H,4,7-8,13-14,17-18H2,1-2H3,(H,29,30). The highest BCUT2D eigenvalue weighted by Gasteiger charge is 2.44. The quantitative estimate of drug-likeness (QED) is 0.438. The number of nitrogens with one attached hydrogen (secondary N) is 1.